The first-order chi connectivity index (χ1) is 7.72. The first kappa shape index (κ1) is 10.4. The Morgan fingerprint density at radius 2 is 1.81 bits per heavy atom. The average molecular weight is 218 g/mol. The van der Waals surface area contributed by atoms with Gasteiger partial charge in [-0.3, -0.25) is 14.9 Å². The summed E-state index contributed by atoms with van der Waals surface area (Å²) >= 11 is 0. The van der Waals surface area contributed by atoms with Gasteiger partial charge in [-0.15, -0.1) is 0 Å². The van der Waals surface area contributed by atoms with Crippen LogP contribution in [0.25, 0.3) is 0 Å². The second kappa shape index (κ2) is 4.16. The number of aliphatic hydroxyl groups excluding tert-OH is 1. The minimum Gasteiger partial charge on any atom is -0.391 e. The van der Waals surface area contributed by atoms with Gasteiger partial charge in [0.2, 0.25) is 0 Å². The molecule has 0 aliphatic carbocycles. The number of carbonyl (C=O) groups is 2. The van der Waals surface area contributed by atoms with Crippen molar-refractivity contribution in [1.82, 2.24) is 5.32 Å². The van der Waals surface area contributed by atoms with Crippen molar-refractivity contribution in [1.29, 1.82) is 0 Å². The monoisotopic (exact) mass is 218 g/mol. The van der Waals surface area contributed by atoms with Crippen LogP contribution in [0.2, 0.25) is 0 Å². The van der Waals surface area contributed by atoms with Crippen molar-refractivity contribution >= 4 is 17.5 Å². The van der Waals surface area contributed by atoms with Crippen molar-refractivity contribution < 1.29 is 14.7 Å². The molecule has 2 rings (SSSR count). The van der Waals surface area contributed by atoms with E-state index in [1.54, 1.807) is 24.3 Å². The van der Waals surface area contributed by atoms with Crippen LogP contribution in [-0.4, -0.2) is 23.5 Å². The third-order valence-corrected chi connectivity index (χ3v) is 2.23. The zero-order valence-corrected chi connectivity index (χ0v) is 8.36. The highest BCUT2D eigenvalue weighted by molar-refractivity contribution is 6.20. The van der Waals surface area contributed by atoms with Crippen LogP contribution in [0.5, 0.6) is 0 Å². The van der Waals surface area contributed by atoms with Crippen molar-refractivity contribution in [2.45, 2.75) is 0 Å². The van der Waals surface area contributed by atoms with Crippen molar-refractivity contribution in [3.8, 4) is 0 Å². The summed E-state index contributed by atoms with van der Waals surface area (Å²) in [5, 5.41) is 13.9. The van der Waals surface area contributed by atoms with Gasteiger partial charge in [0.15, 0.2) is 0 Å². The maximum Gasteiger partial charge on any atom is 0.275 e. The Hall–Kier alpha value is -2.14. The number of anilines is 1. The van der Waals surface area contributed by atoms with E-state index in [2.05, 4.69) is 10.6 Å². The number of hydrogen-bond acceptors (Lipinski definition) is 4. The molecule has 2 amide bonds. The molecule has 0 aromatic heterocycles. The maximum absolute atomic E-state index is 11.4. The highest BCUT2D eigenvalue weighted by Crippen LogP contribution is 2.16. The number of hydrogen-bond donors (Lipinski definition) is 3. The van der Waals surface area contributed by atoms with Gasteiger partial charge in [-0.1, -0.05) is 18.2 Å². The van der Waals surface area contributed by atoms with E-state index in [4.69, 9.17) is 5.11 Å². The molecule has 0 unspecified atom stereocenters. The molecule has 0 saturated carbocycles. The van der Waals surface area contributed by atoms with Gasteiger partial charge >= 0.3 is 0 Å². The van der Waals surface area contributed by atoms with Crippen molar-refractivity contribution in [2.24, 2.45) is 0 Å². The fourth-order valence-corrected chi connectivity index (χ4v) is 1.44. The first-order valence-corrected chi connectivity index (χ1v) is 4.74. The third kappa shape index (κ3) is 1.80. The number of rotatable bonds is 3. The Labute approximate surface area is 91.8 Å². The molecule has 0 saturated heterocycles. The summed E-state index contributed by atoms with van der Waals surface area (Å²) in [5.74, 6) is -1.07. The molecule has 1 heterocycles. The molecule has 1 aliphatic rings. The highest BCUT2D eigenvalue weighted by Gasteiger charge is 2.29. The molecule has 1 aromatic rings. The number of para-hydroxylation sites is 1. The van der Waals surface area contributed by atoms with Gasteiger partial charge in [0, 0.05) is 5.69 Å². The van der Waals surface area contributed by atoms with Crippen LogP contribution in [0.3, 0.4) is 0 Å². The smallest absolute Gasteiger partial charge is 0.275 e. The average Bonchev–Trinajstić information content (AvgIpc) is 2.55. The largest absolute Gasteiger partial charge is 0.391 e. The van der Waals surface area contributed by atoms with Crippen LogP contribution in [-0.2, 0) is 9.59 Å². The lowest BCUT2D eigenvalue weighted by atomic mass is 10.2. The van der Waals surface area contributed by atoms with Crippen molar-refractivity contribution in [3.63, 3.8) is 0 Å². The lowest BCUT2D eigenvalue weighted by Crippen LogP contribution is -2.24. The maximum atomic E-state index is 11.4. The highest BCUT2D eigenvalue weighted by atomic mass is 16.3. The summed E-state index contributed by atoms with van der Waals surface area (Å²) in [6.07, 6.45) is 0. The van der Waals surface area contributed by atoms with Gasteiger partial charge in [-0.25, -0.2) is 0 Å². The second-order valence-corrected chi connectivity index (χ2v) is 3.29. The first-order valence-electron chi connectivity index (χ1n) is 4.74. The van der Waals surface area contributed by atoms with Crippen LogP contribution < -0.4 is 10.6 Å². The van der Waals surface area contributed by atoms with Crippen LogP contribution in [0.1, 0.15) is 0 Å². The van der Waals surface area contributed by atoms with Gasteiger partial charge in [0.1, 0.15) is 5.70 Å². The van der Waals surface area contributed by atoms with Gasteiger partial charge < -0.3 is 10.4 Å². The topological polar surface area (TPSA) is 78.4 Å². The number of nitrogens with one attached hydrogen (secondary N) is 2. The van der Waals surface area contributed by atoms with E-state index in [-0.39, 0.29) is 11.3 Å². The molecule has 0 atom stereocenters. The van der Waals surface area contributed by atoms with Crippen molar-refractivity contribution in [2.75, 3.05) is 11.9 Å². The number of carbonyl (C=O) groups excluding carboxylic acids is 2. The molecule has 16 heavy (non-hydrogen) atoms. The molecule has 5 nitrogen and oxygen atoms in total. The van der Waals surface area contributed by atoms with Gasteiger partial charge in [0.25, 0.3) is 11.8 Å². The summed E-state index contributed by atoms with van der Waals surface area (Å²) in [4.78, 5) is 22.6. The molecular weight excluding hydrogens is 208 g/mol. The Kier molecular flexibility index (Phi) is 2.70. The summed E-state index contributed by atoms with van der Waals surface area (Å²) in [6, 6.07) is 8.97. The Balaban J connectivity index is 2.29. The SMILES string of the molecule is O=C1NC(=O)C(Nc2ccccc2)=C1CO. The van der Waals surface area contributed by atoms with Gasteiger partial charge in [0.05, 0.1) is 12.2 Å². The third-order valence-electron chi connectivity index (χ3n) is 2.23. The van der Waals surface area contributed by atoms with E-state index in [1.165, 1.54) is 0 Å². The minimum atomic E-state index is -0.550. The zero-order valence-electron chi connectivity index (χ0n) is 8.36. The molecule has 3 N–H and O–H groups in total. The van der Waals surface area contributed by atoms with Gasteiger partial charge in [-0.2, -0.15) is 0 Å². The van der Waals surface area contributed by atoms with Crippen molar-refractivity contribution in [3.05, 3.63) is 41.6 Å². The number of aliphatic hydroxyl groups is 1. The van der Waals surface area contributed by atoms with Crippen LogP contribution in [0.15, 0.2) is 41.6 Å². The van der Waals surface area contributed by atoms with E-state index in [0.717, 1.165) is 0 Å². The predicted octanol–water partition coefficient (Wildman–Crippen LogP) is 0.00130. The van der Waals surface area contributed by atoms with E-state index >= 15 is 0 Å². The van der Waals surface area contributed by atoms with E-state index in [1.807, 2.05) is 6.07 Å². The Morgan fingerprint density at radius 1 is 1.12 bits per heavy atom. The fraction of sp³-hybridized carbons (Fsp3) is 0.0909. The molecule has 82 valence electrons. The molecule has 0 fully saturated rings. The number of amides is 2. The standard InChI is InChI=1S/C11H10N2O3/c14-6-8-9(11(16)13-10(8)15)12-7-4-2-1-3-5-7/h1-5,14H,6H2,(H2,12,13,15,16). The van der Waals surface area contributed by atoms with Crippen LogP contribution in [0.4, 0.5) is 5.69 Å². The second-order valence-electron chi connectivity index (χ2n) is 3.29. The molecule has 1 aromatic carbocycles. The Morgan fingerprint density at radius 3 is 2.44 bits per heavy atom. The fourth-order valence-electron chi connectivity index (χ4n) is 1.44. The lowest BCUT2D eigenvalue weighted by Gasteiger charge is -2.05. The number of imide groups is 1. The molecule has 1 aliphatic heterocycles. The summed E-state index contributed by atoms with van der Waals surface area (Å²) < 4.78 is 0. The van der Waals surface area contributed by atoms with E-state index in [0.29, 0.717) is 5.69 Å². The molecule has 0 bridgehead atoms. The summed E-state index contributed by atoms with van der Waals surface area (Å²) in [5.41, 5.74) is 0.862. The van der Waals surface area contributed by atoms with Crippen LogP contribution in [0, 0.1) is 0 Å². The minimum absolute atomic E-state index is 0.0638. The quantitative estimate of drug-likeness (QED) is 0.624. The van der Waals surface area contributed by atoms with Gasteiger partial charge in [-0.05, 0) is 12.1 Å². The lowest BCUT2D eigenvalue weighted by molar-refractivity contribution is -0.124. The Bertz CT molecular complexity index is 465. The summed E-state index contributed by atoms with van der Waals surface area (Å²) in [6.45, 7) is -0.466. The van der Waals surface area contributed by atoms with E-state index in [9.17, 15) is 9.59 Å². The number of benzene rings is 1. The van der Waals surface area contributed by atoms with Crippen LogP contribution >= 0.6 is 0 Å². The zero-order chi connectivity index (χ0) is 11.5. The molecule has 0 radical (unpaired) electrons. The molecular formula is C11H10N2O3. The predicted molar refractivity (Wildman–Crippen MR) is 57.3 cm³/mol. The normalized spacial score (nSPS) is 15.3. The van der Waals surface area contributed by atoms with E-state index < -0.39 is 18.4 Å². The molecule has 0 spiro atoms. The summed E-state index contributed by atoms with van der Waals surface area (Å²) in [7, 11) is 0. The molecule has 5 heteroatoms.